The van der Waals surface area contributed by atoms with E-state index in [1.165, 1.54) is 0 Å². The molecule has 1 amide bonds. The third-order valence-corrected chi connectivity index (χ3v) is 4.20. The molecule has 0 N–H and O–H groups in total. The van der Waals surface area contributed by atoms with Crippen molar-refractivity contribution in [2.45, 2.75) is 39.5 Å². The Bertz CT molecular complexity index is 684. The minimum absolute atomic E-state index is 0.209. The normalized spacial score (nSPS) is 17.7. The van der Waals surface area contributed by atoms with Crippen LogP contribution in [-0.4, -0.2) is 22.4 Å². The first kappa shape index (κ1) is 15.7. The van der Waals surface area contributed by atoms with Crippen LogP contribution >= 0.6 is 0 Å². The van der Waals surface area contributed by atoms with E-state index in [1.54, 1.807) is 0 Å². The molecule has 1 aromatic carbocycles. The van der Waals surface area contributed by atoms with Gasteiger partial charge < -0.3 is 4.90 Å². The fraction of sp³-hybridized carbons (Fsp3) is 0.421. The predicted molar refractivity (Wildman–Crippen MR) is 91.4 cm³/mol. The second-order valence-electron chi connectivity index (χ2n) is 6.28. The van der Waals surface area contributed by atoms with Crippen LogP contribution in [0, 0.1) is 12.8 Å². The number of amides is 1. The summed E-state index contributed by atoms with van der Waals surface area (Å²) in [5.41, 5.74) is 3.07. The first-order valence-corrected chi connectivity index (χ1v) is 8.34. The summed E-state index contributed by atoms with van der Waals surface area (Å²) >= 11 is 0. The fourth-order valence-corrected chi connectivity index (χ4v) is 3.21. The maximum absolute atomic E-state index is 12.3. The molecule has 3 rings (SSSR count). The molecule has 4 heteroatoms. The molecule has 0 bridgehead atoms. The predicted octanol–water partition coefficient (Wildman–Crippen LogP) is 3.33. The smallest absolute Gasteiger partial charge is 0.227 e. The standard InChI is InChI=1S/C19H23N3O/c1-3-7-18-20-14(2)10-16(21-18)11-15-12-19(23)22(13-15)17-8-5-4-6-9-17/h4-6,8-10,15H,3,7,11-13H2,1-2H3. The Labute approximate surface area is 137 Å². The molecule has 0 aliphatic carbocycles. The molecule has 23 heavy (non-hydrogen) atoms. The van der Waals surface area contributed by atoms with Gasteiger partial charge in [-0.1, -0.05) is 25.1 Å². The van der Waals surface area contributed by atoms with Gasteiger partial charge in [-0.25, -0.2) is 9.97 Å². The van der Waals surface area contributed by atoms with Crippen LogP contribution in [0.2, 0.25) is 0 Å². The van der Waals surface area contributed by atoms with Crippen LogP contribution in [0.5, 0.6) is 0 Å². The number of para-hydroxylation sites is 1. The van der Waals surface area contributed by atoms with E-state index in [0.717, 1.165) is 48.7 Å². The van der Waals surface area contributed by atoms with Gasteiger partial charge in [0.15, 0.2) is 0 Å². The molecule has 0 radical (unpaired) electrons. The second-order valence-corrected chi connectivity index (χ2v) is 6.28. The maximum Gasteiger partial charge on any atom is 0.227 e. The summed E-state index contributed by atoms with van der Waals surface area (Å²) in [5, 5.41) is 0. The van der Waals surface area contributed by atoms with Gasteiger partial charge in [-0.05, 0) is 43.9 Å². The fourth-order valence-electron chi connectivity index (χ4n) is 3.21. The van der Waals surface area contributed by atoms with Crippen molar-refractivity contribution in [3.8, 4) is 0 Å². The summed E-state index contributed by atoms with van der Waals surface area (Å²) in [6.07, 6.45) is 3.40. The molecule has 1 aliphatic heterocycles. The monoisotopic (exact) mass is 309 g/mol. The summed E-state index contributed by atoms with van der Waals surface area (Å²) in [6, 6.07) is 12.0. The van der Waals surface area contributed by atoms with E-state index in [2.05, 4.69) is 23.0 Å². The van der Waals surface area contributed by atoms with Crippen LogP contribution in [0.25, 0.3) is 0 Å². The topological polar surface area (TPSA) is 46.1 Å². The van der Waals surface area contributed by atoms with Crippen LogP contribution in [-0.2, 0) is 17.6 Å². The highest BCUT2D eigenvalue weighted by Gasteiger charge is 2.30. The zero-order valence-corrected chi connectivity index (χ0v) is 13.8. The number of aryl methyl sites for hydroxylation is 2. The van der Waals surface area contributed by atoms with Crippen LogP contribution in [0.4, 0.5) is 5.69 Å². The van der Waals surface area contributed by atoms with Crippen LogP contribution in [0.3, 0.4) is 0 Å². The Kier molecular flexibility index (Phi) is 4.70. The molecular formula is C19H23N3O. The van der Waals surface area contributed by atoms with E-state index in [-0.39, 0.29) is 5.91 Å². The Balaban J connectivity index is 1.71. The number of carbonyl (C=O) groups excluding carboxylic acids is 1. The van der Waals surface area contributed by atoms with Crippen molar-refractivity contribution in [3.63, 3.8) is 0 Å². The first-order chi connectivity index (χ1) is 11.2. The Hall–Kier alpha value is -2.23. The number of carbonyl (C=O) groups is 1. The van der Waals surface area contributed by atoms with Gasteiger partial charge in [0.25, 0.3) is 0 Å². The second kappa shape index (κ2) is 6.90. The number of anilines is 1. The first-order valence-electron chi connectivity index (χ1n) is 8.34. The van der Waals surface area contributed by atoms with Gasteiger partial charge >= 0.3 is 0 Å². The molecule has 1 fully saturated rings. The van der Waals surface area contributed by atoms with Crippen molar-refractivity contribution in [3.05, 3.63) is 53.6 Å². The van der Waals surface area contributed by atoms with Gasteiger partial charge in [0, 0.05) is 36.5 Å². The molecule has 4 nitrogen and oxygen atoms in total. The quantitative estimate of drug-likeness (QED) is 0.851. The average molecular weight is 309 g/mol. The van der Waals surface area contributed by atoms with E-state index in [0.29, 0.717) is 12.3 Å². The lowest BCUT2D eigenvalue weighted by atomic mass is 10.0. The lowest BCUT2D eigenvalue weighted by Gasteiger charge is -2.16. The Morgan fingerprint density at radius 2 is 2.00 bits per heavy atom. The number of hydrogen-bond donors (Lipinski definition) is 0. The largest absolute Gasteiger partial charge is 0.312 e. The summed E-state index contributed by atoms with van der Waals surface area (Å²) in [5.74, 6) is 1.46. The molecule has 1 unspecified atom stereocenters. The van der Waals surface area contributed by atoms with Crippen molar-refractivity contribution in [2.75, 3.05) is 11.4 Å². The van der Waals surface area contributed by atoms with Crippen molar-refractivity contribution < 1.29 is 4.79 Å². The highest BCUT2D eigenvalue weighted by Crippen LogP contribution is 2.26. The summed E-state index contributed by atoms with van der Waals surface area (Å²) in [6.45, 7) is 4.92. The number of hydrogen-bond acceptors (Lipinski definition) is 3. The van der Waals surface area contributed by atoms with E-state index in [4.69, 9.17) is 0 Å². The minimum Gasteiger partial charge on any atom is -0.312 e. The van der Waals surface area contributed by atoms with Crippen molar-refractivity contribution in [1.82, 2.24) is 9.97 Å². The van der Waals surface area contributed by atoms with E-state index < -0.39 is 0 Å². The third kappa shape index (κ3) is 3.76. The summed E-state index contributed by atoms with van der Waals surface area (Å²) < 4.78 is 0. The molecule has 2 heterocycles. The van der Waals surface area contributed by atoms with Gasteiger partial charge in [0.1, 0.15) is 5.82 Å². The molecule has 1 saturated heterocycles. The third-order valence-electron chi connectivity index (χ3n) is 4.20. The number of nitrogens with zero attached hydrogens (tertiary/aromatic N) is 3. The van der Waals surface area contributed by atoms with Crippen molar-refractivity contribution in [1.29, 1.82) is 0 Å². The SMILES string of the molecule is CCCc1nc(C)cc(CC2CC(=O)N(c3ccccc3)C2)n1. The van der Waals surface area contributed by atoms with Crippen molar-refractivity contribution in [2.24, 2.45) is 5.92 Å². The molecule has 120 valence electrons. The van der Waals surface area contributed by atoms with E-state index >= 15 is 0 Å². The lowest BCUT2D eigenvalue weighted by Crippen LogP contribution is -2.24. The van der Waals surface area contributed by atoms with Gasteiger partial charge in [0.2, 0.25) is 5.91 Å². The number of aromatic nitrogens is 2. The molecule has 0 spiro atoms. The van der Waals surface area contributed by atoms with Gasteiger partial charge in [-0.15, -0.1) is 0 Å². The van der Waals surface area contributed by atoms with Gasteiger partial charge in [0.05, 0.1) is 0 Å². The molecule has 1 aromatic heterocycles. The molecule has 0 saturated carbocycles. The van der Waals surface area contributed by atoms with Crippen molar-refractivity contribution >= 4 is 11.6 Å². The van der Waals surface area contributed by atoms with Gasteiger partial charge in [-0.2, -0.15) is 0 Å². The zero-order chi connectivity index (χ0) is 16.2. The highest BCUT2D eigenvalue weighted by atomic mass is 16.2. The molecular weight excluding hydrogens is 286 g/mol. The Morgan fingerprint density at radius 1 is 1.22 bits per heavy atom. The number of benzene rings is 1. The Morgan fingerprint density at radius 3 is 2.74 bits per heavy atom. The van der Waals surface area contributed by atoms with E-state index in [1.807, 2.05) is 42.2 Å². The minimum atomic E-state index is 0.209. The molecule has 1 aliphatic rings. The van der Waals surface area contributed by atoms with Crippen LogP contribution < -0.4 is 4.90 Å². The zero-order valence-electron chi connectivity index (χ0n) is 13.8. The van der Waals surface area contributed by atoms with Crippen LogP contribution in [0.15, 0.2) is 36.4 Å². The molecule has 2 aromatic rings. The number of rotatable bonds is 5. The average Bonchev–Trinajstić information content (AvgIpc) is 2.88. The summed E-state index contributed by atoms with van der Waals surface area (Å²) in [4.78, 5) is 23.4. The lowest BCUT2D eigenvalue weighted by molar-refractivity contribution is -0.117. The summed E-state index contributed by atoms with van der Waals surface area (Å²) in [7, 11) is 0. The van der Waals surface area contributed by atoms with Crippen LogP contribution in [0.1, 0.15) is 37.0 Å². The van der Waals surface area contributed by atoms with E-state index in [9.17, 15) is 4.79 Å². The van der Waals surface area contributed by atoms with Gasteiger partial charge in [-0.3, -0.25) is 4.79 Å². The maximum atomic E-state index is 12.3. The molecule has 1 atom stereocenters. The highest BCUT2D eigenvalue weighted by molar-refractivity contribution is 5.95.